The summed E-state index contributed by atoms with van der Waals surface area (Å²) in [6, 6.07) is 19.8. The Hall–Kier alpha value is -3.31. The van der Waals surface area contributed by atoms with Crippen LogP contribution in [0.1, 0.15) is 0 Å². The summed E-state index contributed by atoms with van der Waals surface area (Å²) in [5, 5.41) is 11.8. The predicted octanol–water partition coefficient (Wildman–Crippen LogP) is 5.46. The average Bonchev–Trinajstić information content (AvgIpc) is 2.68. The molecule has 1 N–H and O–H groups in total. The van der Waals surface area contributed by atoms with Crippen molar-refractivity contribution in [1.29, 1.82) is 0 Å². The summed E-state index contributed by atoms with van der Waals surface area (Å²) in [5.41, 5.74) is 1.15. The van der Waals surface area contributed by atoms with E-state index in [1.807, 2.05) is 24.3 Å². The van der Waals surface area contributed by atoms with Crippen LogP contribution in [0, 0.1) is 0 Å². The third-order valence-corrected chi connectivity index (χ3v) is 4.27. The maximum Gasteiger partial charge on any atom is 0.230 e. The van der Waals surface area contributed by atoms with Crippen LogP contribution >= 0.6 is 11.6 Å². The van der Waals surface area contributed by atoms with Gasteiger partial charge in [-0.2, -0.15) is 4.98 Å². The molecule has 0 aliphatic carbocycles. The first kappa shape index (κ1) is 17.1. The summed E-state index contributed by atoms with van der Waals surface area (Å²) in [6.45, 7) is 0. The molecular weight excluding hydrogens is 364 g/mol. The zero-order valence-electron chi connectivity index (χ0n) is 14.4. The third-order valence-electron chi connectivity index (χ3n) is 4.04. The SMILES string of the molecule is COc1cccc(-c2nc(Oc3cccc(Cl)c3)c3ccccc3n2)c1O. The molecule has 0 fully saturated rings. The molecule has 0 aliphatic heterocycles. The van der Waals surface area contributed by atoms with Gasteiger partial charge < -0.3 is 14.6 Å². The van der Waals surface area contributed by atoms with Crippen molar-refractivity contribution in [3.8, 4) is 34.5 Å². The second-order valence-electron chi connectivity index (χ2n) is 5.79. The van der Waals surface area contributed by atoms with Crippen molar-refractivity contribution in [3.05, 3.63) is 71.8 Å². The van der Waals surface area contributed by atoms with Crippen molar-refractivity contribution < 1.29 is 14.6 Å². The van der Waals surface area contributed by atoms with Crippen LogP contribution < -0.4 is 9.47 Å². The normalized spacial score (nSPS) is 10.7. The van der Waals surface area contributed by atoms with Gasteiger partial charge in [0, 0.05) is 5.02 Å². The number of methoxy groups -OCH3 is 1. The van der Waals surface area contributed by atoms with Crippen LogP contribution in [-0.2, 0) is 0 Å². The van der Waals surface area contributed by atoms with E-state index in [9.17, 15) is 5.11 Å². The van der Waals surface area contributed by atoms with Gasteiger partial charge in [0.1, 0.15) is 5.75 Å². The molecule has 0 saturated heterocycles. The molecule has 4 rings (SSSR count). The zero-order valence-corrected chi connectivity index (χ0v) is 15.1. The highest BCUT2D eigenvalue weighted by atomic mass is 35.5. The number of aromatic nitrogens is 2. The van der Waals surface area contributed by atoms with Crippen LogP contribution in [0.15, 0.2) is 66.7 Å². The number of benzene rings is 3. The maximum atomic E-state index is 10.5. The summed E-state index contributed by atoms with van der Waals surface area (Å²) >= 11 is 6.05. The van der Waals surface area contributed by atoms with E-state index in [0.29, 0.717) is 39.3 Å². The molecule has 0 saturated carbocycles. The van der Waals surface area contributed by atoms with Gasteiger partial charge in [0.2, 0.25) is 5.88 Å². The van der Waals surface area contributed by atoms with Crippen LogP contribution in [-0.4, -0.2) is 22.2 Å². The second-order valence-corrected chi connectivity index (χ2v) is 6.22. The lowest BCUT2D eigenvalue weighted by Crippen LogP contribution is -1.97. The topological polar surface area (TPSA) is 64.5 Å². The number of hydrogen-bond acceptors (Lipinski definition) is 5. The number of para-hydroxylation sites is 2. The summed E-state index contributed by atoms with van der Waals surface area (Å²) in [5.74, 6) is 1.60. The fourth-order valence-corrected chi connectivity index (χ4v) is 2.94. The molecule has 0 bridgehead atoms. The van der Waals surface area contributed by atoms with Crippen LogP contribution in [0.5, 0.6) is 23.1 Å². The first-order chi connectivity index (χ1) is 13.2. The van der Waals surface area contributed by atoms with Gasteiger partial charge in [-0.15, -0.1) is 0 Å². The monoisotopic (exact) mass is 378 g/mol. The molecule has 0 radical (unpaired) electrons. The molecule has 134 valence electrons. The number of phenolic OH excluding ortho intramolecular Hbond substituents is 1. The molecule has 6 heteroatoms. The van der Waals surface area contributed by atoms with E-state index in [-0.39, 0.29) is 5.75 Å². The fraction of sp³-hybridized carbons (Fsp3) is 0.0476. The van der Waals surface area contributed by atoms with Gasteiger partial charge in [-0.3, -0.25) is 0 Å². The molecule has 0 unspecified atom stereocenters. The maximum absolute atomic E-state index is 10.5. The molecule has 0 atom stereocenters. The largest absolute Gasteiger partial charge is 0.504 e. The van der Waals surface area contributed by atoms with E-state index in [1.165, 1.54) is 7.11 Å². The Kier molecular flexibility index (Phi) is 4.52. The smallest absolute Gasteiger partial charge is 0.230 e. The Bertz CT molecular complexity index is 1130. The van der Waals surface area contributed by atoms with E-state index < -0.39 is 0 Å². The minimum Gasteiger partial charge on any atom is -0.504 e. The van der Waals surface area contributed by atoms with Crippen molar-refractivity contribution in [1.82, 2.24) is 9.97 Å². The average molecular weight is 379 g/mol. The summed E-state index contributed by atoms with van der Waals surface area (Å²) in [6.07, 6.45) is 0. The Labute approximate surface area is 160 Å². The molecule has 0 spiro atoms. The standard InChI is InChI=1S/C21H15ClN2O3/c1-26-18-11-5-9-16(19(18)25)20-23-17-10-3-2-8-15(17)21(24-20)27-14-7-4-6-13(22)12-14/h2-12,25H,1H3. The van der Waals surface area contributed by atoms with Crippen molar-refractivity contribution >= 4 is 22.5 Å². The molecule has 5 nitrogen and oxygen atoms in total. The summed E-state index contributed by atoms with van der Waals surface area (Å²) in [4.78, 5) is 9.11. The van der Waals surface area contributed by atoms with Crippen molar-refractivity contribution in [2.45, 2.75) is 0 Å². The zero-order chi connectivity index (χ0) is 18.8. The molecule has 3 aromatic carbocycles. The Balaban J connectivity index is 1.89. The minimum atomic E-state index is -0.0241. The molecule has 4 aromatic rings. The third kappa shape index (κ3) is 3.37. The van der Waals surface area contributed by atoms with E-state index in [4.69, 9.17) is 21.1 Å². The van der Waals surface area contributed by atoms with Gasteiger partial charge in [0.15, 0.2) is 17.3 Å². The quantitative estimate of drug-likeness (QED) is 0.511. The molecule has 1 aromatic heterocycles. The number of fused-ring (bicyclic) bond motifs is 1. The lowest BCUT2D eigenvalue weighted by Gasteiger charge is -2.12. The van der Waals surface area contributed by atoms with Crippen LogP contribution in [0.4, 0.5) is 0 Å². The molecular formula is C21H15ClN2O3. The van der Waals surface area contributed by atoms with E-state index >= 15 is 0 Å². The first-order valence-corrected chi connectivity index (χ1v) is 8.60. The number of rotatable bonds is 4. The Morgan fingerprint density at radius 2 is 1.74 bits per heavy atom. The fourth-order valence-electron chi connectivity index (χ4n) is 2.76. The number of aromatic hydroxyl groups is 1. The minimum absolute atomic E-state index is 0.0241. The highest BCUT2D eigenvalue weighted by Crippen LogP contribution is 2.37. The predicted molar refractivity (Wildman–Crippen MR) is 105 cm³/mol. The van der Waals surface area contributed by atoms with Crippen LogP contribution in [0.2, 0.25) is 5.02 Å². The number of ether oxygens (including phenoxy) is 2. The van der Waals surface area contributed by atoms with Crippen LogP contribution in [0.3, 0.4) is 0 Å². The summed E-state index contributed by atoms with van der Waals surface area (Å²) < 4.78 is 11.2. The highest BCUT2D eigenvalue weighted by molar-refractivity contribution is 6.30. The molecule has 1 heterocycles. The van der Waals surface area contributed by atoms with Gasteiger partial charge in [0.25, 0.3) is 0 Å². The number of hydrogen-bond donors (Lipinski definition) is 1. The van der Waals surface area contributed by atoms with Gasteiger partial charge in [-0.05, 0) is 42.5 Å². The van der Waals surface area contributed by atoms with E-state index in [0.717, 1.165) is 5.39 Å². The Morgan fingerprint density at radius 3 is 2.56 bits per heavy atom. The molecule has 0 aliphatic rings. The lowest BCUT2D eigenvalue weighted by molar-refractivity contribution is 0.374. The molecule has 0 amide bonds. The van der Waals surface area contributed by atoms with Gasteiger partial charge in [-0.1, -0.05) is 35.9 Å². The van der Waals surface area contributed by atoms with Gasteiger partial charge >= 0.3 is 0 Å². The van der Waals surface area contributed by atoms with E-state index in [2.05, 4.69) is 9.97 Å². The van der Waals surface area contributed by atoms with Crippen molar-refractivity contribution in [2.24, 2.45) is 0 Å². The Morgan fingerprint density at radius 1 is 0.926 bits per heavy atom. The summed E-state index contributed by atoms with van der Waals surface area (Å²) in [7, 11) is 1.49. The number of phenols is 1. The highest BCUT2D eigenvalue weighted by Gasteiger charge is 2.16. The van der Waals surface area contributed by atoms with Crippen molar-refractivity contribution in [2.75, 3.05) is 7.11 Å². The second kappa shape index (κ2) is 7.13. The van der Waals surface area contributed by atoms with Crippen molar-refractivity contribution in [3.63, 3.8) is 0 Å². The van der Waals surface area contributed by atoms with Gasteiger partial charge in [-0.25, -0.2) is 4.98 Å². The number of halogens is 1. The van der Waals surface area contributed by atoms with E-state index in [1.54, 1.807) is 42.5 Å². The lowest BCUT2D eigenvalue weighted by atomic mass is 10.1. The van der Waals surface area contributed by atoms with Crippen LogP contribution in [0.25, 0.3) is 22.3 Å². The molecule has 27 heavy (non-hydrogen) atoms. The van der Waals surface area contributed by atoms with Gasteiger partial charge in [0.05, 0.1) is 23.6 Å². The first-order valence-electron chi connectivity index (χ1n) is 8.22. The number of nitrogens with zero attached hydrogens (tertiary/aromatic N) is 2.